The predicted molar refractivity (Wildman–Crippen MR) is 132 cm³/mol. The summed E-state index contributed by atoms with van der Waals surface area (Å²) in [6.07, 6.45) is 0. The van der Waals surface area contributed by atoms with Gasteiger partial charge >= 0.3 is 0 Å². The molecule has 0 atom stereocenters. The van der Waals surface area contributed by atoms with Crippen LogP contribution in [0.2, 0.25) is 5.02 Å². The zero-order valence-electron chi connectivity index (χ0n) is 17.6. The van der Waals surface area contributed by atoms with Gasteiger partial charge in [0.05, 0.1) is 0 Å². The van der Waals surface area contributed by atoms with Crippen LogP contribution in [0.4, 0.5) is 11.4 Å². The fourth-order valence-electron chi connectivity index (χ4n) is 3.23. The average molecular weight is 457 g/mol. The fourth-order valence-corrected chi connectivity index (χ4v) is 3.42. The lowest BCUT2D eigenvalue weighted by Crippen LogP contribution is -2.20. The molecule has 0 aliphatic heterocycles. The number of anilines is 2. The molecule has 5 nitrogen and oxygen atoms in total. The van der Waals surface area contributed by atoms with E-state index in [2.05, 4.69) is 10.6 Å². The third kappa shape index (κ3) is 6.21. The molecule has 0 bridgehead atoms. The van der Waals surface area contributed by atoms with Crippen molar-refractivity contribution >= 4 is 34.8 Å². The van der Waals surface area contributed by atoms with Crippen LogP contribution in [0.1, 0.15) is 10.4 Å². The number of hydrogen-bond donors (Lipinski definition) is 2. The number of ether oxygens (including phenoxy) is 1. The SMILES string of the molecule is O=C(COc1ccc(-c2ccccc2)cc1)Nc1cccc(C(=O)Nc2cccc(Cl)c2)c1. The molecule has 0 radical (unpaired) electrons. The molecule has 0 spiro atoms. The quantitative estimate of drug-likeness (QED) is 0.344. The first-order valence-electron chi connectivity index (χ1n) is 10.3. The summed E-state index contributed by atoms with van der Waals surface area (Å²) in [7, 11) is 0. The van der Waals surface area contributed by atoms with Crippen molar-refractivity contribution in [2.75, 3.05) is 17.2 Å². The van der Waals surface area contributed by atoms with Crippen LogP contribution in [0.25, 0.3) is 11.1 Å². The summed E-state index contributed by atoms with van der Waals surface area (Å²) >= 11 is 5.96. The number of carbonyl (C=O) groups excluding carboxylic acids is 2. The molecule has 2 amide bonds. The highest BCUT2D eigenvalue weighted by molar-refractivity contribution is 6.31. The summed E-state index contributed by atoms with van der Waals surface area (Å²) in [6.45, 7) is -0.149. The van der Waals surface area contributed by atoms with Crippen LogP contribution in [0.15, 0.2) is 103 Å². The van der Waals surface area contributed by atoms with E-state index in [1.54, 1.807) is 48.5 Å². The number of benzene rings is 4. The van der Waals surface area contributed by atoms with E-state index in [9.17, 15) is 9.59 Å². The van der Waals surface area contributed by atoms with Gasteiger partial charge in [-0.25, -0.2) is 0 Å². The largest absolute Gasteiger partial charge is 0.484 e. The molecule has 4 rings (SSSR count). The van der Waals surface area contributed by atoms with E-state index < -0.39 is 0 Å². The van der Waals surface area contributed by atoms with Crippen molar-refractivity contribution in [1.82, 2.24) is 0 Å². The third-order valence-corrected chi connectivity index (χ3v) is 5.06. The van der Waals surface area contributed by atoms with E-state index in [1.165, 1.54) is 0 Å². The van der Waals surface area contributed by atoms with Crippen LogP contribution in [-0.2, 0) is 4.79 Å². The van der Waals surface area contributed by atoms with Gasteiger partial charge in [0.25, 0.3) is 11.8 Å². The van der Waals surface area contributed by atoms with Crippen molar-refractivity contribution < 1.29 is 14.3 Å². The summed E-state index contributed by atoms with van der Waals surface area (Å²) in [5.74, 6) is -0.0304. The highest BCUT2D eigenvalue weighted by Crippen LogP contribution is 2.22. The van der Waals surface area contributed by atoms with Gasteiger partial charge in [0.1, 0.15) is 5.75 Å². The molecule has 0 heterocycles. The second-order valence-electron chi connectivity index (χ2n) is 7.27. The van der Waals surface area contributed by atoms with Gasteiger partial charge in [-0.15, -0.1) is 0 Å². The molecule has 2 N–H and O–H groups in total. The Kier molecular flexibility index (Phi) is 7.03. The highest BCUT2D eigenvalue weighted by atomic mass is 35.5. The first-order chi connectivity index (χ1) is 16.1. The van der Waals surface area contributed by atoms with Crippen molar-refractivity contribution in [3.63, 3.8) is 0 Å². The van der Waals surface area contributed by atoms with Crippen molar-refractivity contribution in [3.05, 3.63) is 114 Å². The van der Waals surface area contributed by atoms with Gasteiger partial charge in [0, 0.05) is 22.0 Å². The zero-order valence-corrected chi connectivity index (χ0v) is 18.4. The molecule has 33 heavy (non-hydrogen) atoms. The molecular weight excluding hydrogens is 436 g/mol. The molecule has 0 fully saturated rings. The van der Waals surface area contributed by atoms with E-state index in [1.807, 2.05) is 54.6 Å². The monoisotopic (exact) mass is 456 g/mol. The van der Waals surface area contributed by atoms with Gasteiger partial charge in [0.2, 0.25) is 0 Å². The van der Waals surface area contributed by atoms with Gasteiger partial charge in [-0.05, 0) is 59.7 Å². The Labute approximate surface area is 197 Å². The topological polar surface area (TPSA) is 67.4 Å². The first kappa shape index (κ1) is 22.1. The number of halogens is 1. The minimum atomic E-state index is -0.325. The summed E-state index contributed by atoms with van der Waals surface area (Å²) in [4.78, 5) is 24.8. The van der Waals surface area contributed by atoms with E-state index in [4.69, 9.17) is 16.3 Å². The standard InChI is InChI=1S/C27H21ClN2O3/c28-22-9-5-11-24(17-22)30-27(32)21-8-4-10-23(16-21)29-26(31)18-33-25-14-12-20(13-15-25)19-6-2-1-3-7-19/h1-17H,18H2,(H,29,31)(H,30,32). The maximum absolute atomic E-state index is 12.5. The Bertz CT molecular complexity index is 1260. The van der Waals surface area contributed by atoms with Crippen LogP contribution < -0.4 is 15.4 Å². The van der Waals surface area contributed by atoms with E-state index in [-0.39, 0.29) is 18.4 Å². The molecule has 164 valence electrons. The molecule has 4 aromatic carbocycles. The first-order valence-corrected chi connectivity index (χ1v) is 10.7. The van der Waals surface area contributed by atoms with Crippen LogP contribution in [-0.4, -0.2) is 18.4 Å². The Morgan fingerprint density at radius 1 is 0.697 bits per heavy atom. The lowest BCUT2D eigenvalue weighted by atomic mass is 10.1. The predicted octanol–water partition coefficient (Wildman–Crippen LogP) is 6.28. The maximum Gasteiger partial charge on any atom is 0.262 e. The van der Waals surface area contributed by atoms with Gasteiger partial charge < -0.3 is 15.4 Å². The van der Waals surface area contributed by atoms with Gasteiger partial charge in [-0.3, -0.25) is 9.59 Å². The van der Waals surface area contributed by atoms with Crippen molar-refractivity contribution in [2.45, 2.75) is 0 Å². The van der Waals surface area contributed by atoms with Crippen LogP contribution in [0.5, 0.6) is 5.75 Å². The summed E-state index contributed by atoms with van der Waals surface area (Å²) in [5, 5.41) is 6.07. The van der Waals surface area contributed by atoms with Crippen molar-refractivity contribution in [3.8, 4) is 16.9 Å². The molecule has 0 saturated carbocycles. The van der Waals surface area contributed by atoms with E-state index >= 15 is 0 Å². The summed E-state index contributed by atoms with van der Waals surface area (Å²) in [6, 6.07) is 31.1. The number of amides is 2. The molecule has 6 heteroatoms. The second-order valence-corrected chi connectivity index (χ2v) is 7.71. The summed E-state index contributed by atoms with van der Waals surface area (Å²) in [5.41, 5.74) is 3.68. The number of carbonyl (C=O) groups is 2. The minimum absolute atomic E-state index is 0.149. The lowest BCUT2D eigenvalue weighted by molar-refractivity contribution is -0.118. The summed E-state index contributed by atoms with van der Waals surface area (Å²) < 4.78 is 5.59. The number of rotatable bonds is 7. The third-order valence-electron chi connectivity index (χ3n) is 4.82. The fraction of sp³-hybridized carbons (Fsp3) is 0.0370. The lowest BCUT2D eigenvalue weighted by Gasteiger charge is -2.10. The van der Waals surface area contributed by atoms with Crippen LogP contribution >= 0.6 is 11.6 Å². The van der Waals surface area contributed by atoms with Crippen molar-refractivity contribution in [1.29, 1.82) is 0 Å². The molecule has 4 aromatic rings. The smallest absolute Gasteiger partial charge is 0.262 e. The van der Waals surface area contributed by atoms with Crippen molar-refractivity contribution in [2.24, 2.45) is 0 Å². The van der Waals surface area contributed by atoms with Crippen LogP contribution in [0, 0.1) is 0 Å². The zero-order chi connectivity index (χ0) is 23.0. The highest BCUT2D eigenvalue weighted by Gasteiger charge is 2.09. The Morgan fingerprint density at radius 3 is 2.09 bits per heavy atom. The Balaban J connectivity index is 1.32. The molecule has 0 saturated heterocycles. The van der Waals surface area contributed by atoms with Crippen LogP contribution in [0.3, 0.4) is 0 Å². The molecule has 0 unspecified atom stereocenters. The Hall–Kier alpha value is -4.09. The maximum atomic E-state index is 12.5. The van der Waals surface area contributed by atoms with Gasteiger partial charge in [0.15, 0.2) is 6.61 Å². The Morgan fingerprint density at radius 2 is 1.36 bits per heavy atom. The van der Waals surface area contributed by atoms with E-state index in [0.29, 0.717) is 27.7 Å². The molecule has 0 aliphatic carbocycles. The van der Waals surface area contributed by atoms with E-state index in [0.717, 1.165) is 11.1 Å². The van der Waals surface area contributed by atoms with Gasteiger partial charge in [-0.1, -0.05) is 66.2 Å². The number of hydrogen-bond acceptors (Lipinski definition) is 3. The normalized spacial score (nSPS) is 10.3. The molecule has 0 aromatic heterocycles. The molecule has 0 aliphatic rings. The number of nitrogens with one attached hydrogen (secondary N) is 2. The van der Waals surface area contributed by atoms with Gasteiger partial charge in [-0.2, -0.15) is 0 Å². The second kappa shape index (κ2) is 10.5. The molecular formula is C27H21ClN2O3. The average Bonchev–Trinajstić information content (AvgIpc) is 2.84. The minimum Gasteiger partial charge on any atom is -0.484 e.